The van der Waals surface area contributed by atoms with Gasteiger partial charge < -0.3 is 5.11 Å². The van der Waals surface area contributed by atoms with Crippen LogP contribution in [-0.2, 0) is 0 Å². The Morgan fingerprint density at radius 2 is 1.89 bits per heavy atom. The Kier molecular flexibility index (Phi) is 3.79. The smallest absolute Gasteiger partial charge is 0.0622 e. The number of rotatable bonds is 1. The van der Waals surface area contributed by atoms with Crippen molar-refractivity contribution in [3.8, 4) is 0 Å². The summed E-state index contributed by atoms with van der Waals surface area (Å²) in [5, 5.41) is 10.7. The van der Waals surface area contributed by atoms with Crippen molar-refractivity contribution in [2.75, 3.05) is 0 Å². The molecule has 4 aliphatic rings. The van der Waals surface area contributed by atoms with E-state index in [1.54, 1.807) is 5.57 Å². The molecule has 0 saturated heterocycles. The zero-order valence-electron chi connectivity index (χ0n) is 17.0. The number of hydrogen-bond donors (Lipinski definition) is 1. The van der Waals surface area contributed by atoms with Gasteiger partial charge in [-0.2, -0.15) is 0 Å². The predicted molar refractivity (Wildman–Crippen MR) is 110 cm³/mol. The topological polar surface area (TPSA) is 33.1 Å². The number of fused-ring (bicyclic) bond motifs is 5. The molecule has 0 aromatic carbocycles. The third kappa shape index (κ3) is 2.52. The van der Waals surface area contributed by atoms with E-state index < -0.39 is 5.60 Å². The van der Waals surface area contributed by atoms with E-state index >= 15 is 0 Å². The van der Waals surface area contributed by atoms with Crippen LogP contribution in [0, 0.1) is 28.6 Å². The Balaban J connectivity index is 1.45. The number of allylic oxidation sites excluding steroid dienone is 4. The van der Waals surface area contributed by atoms with Crippen molar-refractivity contribution in [2.45, 2.75) is 71.3 Å². The van der Waals surface area contributed by atoms with E-state index in [0.717, 1.165) is 24.7 Å². The lowest BCUT2D eigenvalue weighted by Gasteiger charge is -2.60. The predicted octanol–water partition coefficient (Wildman–Crippen LogP) is 5.79. The molecule has 0 amide bonds. The zero-order valence-corrected chi connectivity index (χ0v) is 17.0. The molecule has 5 rings (SSSR count). The Hall–Kier alpha value is -1.41. The standard InChI is InChI=1S/C25H33NO/c1-23(27)12-13-24(2)18(15-23)6-7-19-21-9-8-20(17-5-4-14-26-16-17)25(21,3)11-10-22(19)24/h4-5,8-9,14,16,18-19,22,27H,6-7,10-13,15H2,1-3H3/t18?,19?,22?,23-,24-,25+/m0/s1. The minimum absolute atomic E-state index is 0.188. The fourth-order valence-electron chi connectivity index (χ4n) is 7.36. The molecule has 2 nitrogen and oxygen atoms in total. The number of aliphatic hydroxyl groups is 1. The van der Waals surface area contributed by atoms with Gasteiger partial charge in [0.05, 0.1) is 5.60 Å². The van der Waals surface area contributed by atoms with Crippen molar-refractivity contribution < 1.29 is 5.11 Å². The first-order chi connectivity index (χ1) is 12.8. The molecule has 3 fully saturated rings. The second-order valence-corrected chi connectivity index (χ2v) is 10.5. The maximum atomic E-state index is 10.7. The molecule has 1 N–H and O–H groups in total. The Labute approximate surface area is 163 Å². The van der Waals surface area contributed by atoms with Gasteiger partial charge in [-0.05, 0) is 92.2 Å². The summed E-state index contributed by atoms with van der Waals surface area (Å²) in [6, 6.07) is 4.28. The first-order valence-electron chi connectivity index (χ1n) is 10.9. The molecule has 0 radical (unpaired) electrons. The van der Waals surface area contributed by atoms with Gasteiger partial charge in [-0.15, -0.1) is 0 Å². The number of aromatic nitrogens is 1. The first-order valence-corrected chi connectivity index (χ1v) is 10.9. The van der Waals surface area contributed by atoms with Crippen LogP contribution in [0.15, 0.2) is 42.3 Å². The highest BCUT2D eigenvalue weighted by molar-refractivity contribution is 5.78. The summed E-state index contributed by atoms with van der Waals surface area (Å²) in [6.07, 6.45) is 17.1. The van der Waals surface area contributed by atoms with Gasteiger partial charge in [-0.3, -0.25) is 4.98 Å². The molecule has 27 heavy (non-hydrogen) atoms. The summed E-state index contributed by atoms with van der Waals surface area (Å²) in [5.74, 6) is 2.20. The maximum Gasteiger partial charge on any atom is 0.0622 e. The molecule has 144 valence electrons. The van der Waals surface area contributed by atoms with Crippen molar-refractivity contribution in [1.29, 1.82) is 0 Å². The van der Waals surface area contributed by atoms with Gasteiger partial charge in [0.15, 0.2) is 0 Å². The number of pyridine rings is 1. The van der Waals surface area contributed by atoms with Crippen LogP contribution in [0.25, 0.3) is 5.57 Å². The third-order valence-corrected chi connectivity index (χ3v) is 8.97. The van der Waals surface area contributed by atoms with Gasteiger partial charge in [-0.25, -0.2) is 0 Å². The second-order valence-electron chi connectivity index (χ2n) is 10.5. The van der Waals surface area contributed by atoms with Crippen LogP contribution in [0.5, 0.6) is 0 Å². The average molecular weight is 364 g/mol. The molecule has 1 heterocycles. The summed E-state index contributed by atoms with van der Waals surface area (Å²) < 4.78 is 0. The molecule has 4 aliphatic carbocycles. The monoisotopic (exact) mass is 363 g/mol. The van der Waals surface area contributed by atoms with Crippen LogP contribution in [0.4, 0.5) is 0 Å². The summed E-state index contributed by atoms with van der Waals surface area (Å²) in [7, 11) is 0. The van der Waals surface area contributed by atoms with Crippen LogP contribution in [0.1, 0.15) is 71.3 Å². The molecule has 0 aliphatic heterocycles. The Bertz CT molecular complexity index is 807. The summed E-state index contributed by atoms with van der Waals surface area (Å²) >= 11 is 0. The molecule has 3 unspecified atom stereocenters. The fourth-order valence-corrected chi connectivity index (χ4v) is 7.36. The molecule has 6 atom stereocenters. The lowest BCUT2D eigenvalue weighted by atomic mass is 9.45. The van der Waals surface area contributed by atoms with Crippen molar-refractivity contribution in [1.82, 2.24) is 4.98 Å². The van der Waals surface area contributed by atoms with Crippen molar-refractivity contribution in [2.24, 2.45) is 28.6 Å². The van der Waals surface area contributed by atoms with Crippen LogP contribution in [-0.4, -0.2) is 15.7 Å². The third-order valence-electron chi connectivity index (χ3n) is 8.97. The van der Waals surface area contributed by atoms with Gasteiger partial charge in [0.1, 0.15) is 0 Å². The highest BCUT2D eigenvalue weighted by Gasteiger charge is 2.57. The van der Waals surface area contributed by atoms with E-state index in [9.17, 15) is 5.11 Å². The zero-order chi connectivity index (χ0) is 18.9. The minimum Gasteiger partial charge on any atom is -0.390 e. The van der Waals surface area contributed by atoms with Gasteiger partial charge >= 0.3 is 0 Å². The van der Waals surface area contributed by atoms with Gasteiger partial charge in [-0.1, -0.05) is 37.6 Å². The lowest BCUT2D eigenvalue weighted by Crippen LogP contribution is -2.53. The highest BCUT2D eigenvalue weighted by atomic mass is 16.3. The summed E-state index contributed by atoms with van der Waals surface area (Å²) in [5.41, 5.74) is 4.61. The van der Waals surface area contributed by atoms with E-state index in [-0.39, 0.29) is 5.41 Å². The fraction of sp³-hybridized carbons (Fsp3) is 0.640. The van der Waals surface area contributed by atoms with Crippen LogP contribution in [0.3, 0.4) is 0 Å². The Morgan fingerprint density at radius 3 is 2.67 bits per heavy atom. The molecule has 0 spiro atoms. The van der Waals surface area contributed by atoms with E-state index in [1.807, 2.05) is 12.4 Å². The summed E-state index contributed by atoms with van der Waals surface area (Å²) in [6.45, 7) is 7.08. The van der Waals surface area contributed by atoms with Crippen LogP contribution < -0.4 is 0 Å². The van der Waals surface area contributed by atoms with Gasteiger partial charge in [0.25, 0.3) is 0 Å². The average Bonchev–Trinajstić information content (AvgIpc) is 3.00. The largest absolute Gasteiger partial charge is 0.390 e. The molecule has 1 aromatic heterocycles. The SMILES string of the molecule is C[C@]1(O)CC[C@@]2(C)C(CCC3C4=CC=C(c5cccnc5)[C@@]4(C)CCC32)C1. The molecular weight excluding hydrogens is 330 g/mol. The van der Waals surface area contributed by atoms with E-state index in [2.05, 4.69) is 50.0 Å². The molecule has 1 aromatic rings. The van der Waals surface area contributed by atoms with E-state index in [4.69, 9.17) is 0 Å². The van der Waals surface area contributed by atoms with Gasteiger partial charge in [0.2, 0.25) is 0 Å². The number of hydrogen-bond acceptors (Lipinski definition) is 2. The van der Waals surface area contributed by atoms with Crippen molar-refractivity contribution in [3.05, 3.63) is 47.8 Å². The van der Waals surface area contributed by atoms with Crippen molar-refractivity contribution >= 4 is 5.57 Å². The highest BCUT2D eigenvalue weighted by Crippen LogP contribution is 2.66. The van der Waals surface area contributed by atoms with E-state index in [0.29, 0.717) is 11.3 Å². The van der Waals surface area contributed by atoms with Crippen LogP contribution >= 0.6 is 0 Å². The van der Waals surface area contributed by atoms with E-state index in [1.165, 1.54) is 43.2 Å². The number of nitrogens with zero attached hydrogens (tertiary/aromatic N) is 1. The quantitative estimate of drug-likeness (QED) is 0.685. The normalized spacial score (nSPS) is 46.0. The molecule has 2 heteroatoms. The Morgan fingerprint density at radius 1 is 1.04 bits per heavy atom. The van der Waals surface area contributed by atoms with Crippen LogP contribution in [0.2, 0.25) is 0 Å². The molecule has 3 saturated carbocycles. The molecule has 0 bridgehead atoms. The molecular formula is C25H33NO. The summed E-state index contributed by atoms with van der Waals surface area (Å²) in [4.78, 5) is 4.37. The van der Waals surface area contributed by atoms with Crippen molar-refractivity contribution in [3.63, 3.8) is 0 Å². The lowest BCUT2D eigenvalue weighted by molar-refractivity contribution is -0.113. The minimum atomic E-state index is -0.443. The first kappa shape index (κ1) is 17.7. The second kappa shape index (κ2) is 5.80. The van der Waals surface area contributed by atoms with Gasteiger partial charge in [0, 0.05) is 17.8 Å². The maximum absolute atomic E-state index is 10.7.